The molecular formula is C10H9N2O2-. The minimum atomic E-state index is 0.510. The van der Waals surface area contributed by atoms with E-state index in [1.54, 1.807) is 6.08 Å². The first kappa shape index (κ1) is 10.2. The van der Waals surface area contributed by atoms with Crippen LogP contribution in [-0.2, 0) is 9.53 Å². The molecule has 0 bridgehead atoms. The fourth-order valence-electron chi connectivity index (χ4n) is 1.13. The van der Waals surface area contributed by atoms with Crippen molar-refractivity contribution < 1.29 is 9.53 Å². The summed E-state index contributed by atoms with van der Waals surface area (Å²) in [5.41, 5.74) is 1.44. The third-order valence-electron chi connectivity index (χ3n) is 1.74. The number of aliphatic imine (C=N–C) groups is 1. The molecule has 72 valence electrons. The van der Waals surface area contributed by atoms with Gasteiger partial charge in [-0.1, -0.05) is 0 Å². The number of hydrogen-bond donors (Lipinski definition) is 0. The molecule has 0 unspecified atom stereocenters. The molecule has 4 nitrogen and oxygen atoms in total. The Morgan fingerprint density at radius 3 is 3.07 bits per heavy atom. The van der Waals surface area contributed by atoms with Crippen LogP contribution in [0, 0.1) is 0 Å². The average molecular weight is 189 g/mol. The molecule has 0 amide bonds. The summed E-state index contributed by atoms with van der Waals surface area (Å²) in [4.78, 5) is 13.7. The van der Waals surface area contributed by atoms with Crippen LogP contribution < -0.4 is 0 Å². The summed E-state index contributed by atoms with van der Waals surface area (Å²) in [6.45, 7) is 0. The van der Waals surface area contributed by atoms with Gasteiger partial charge in [0.15, 0.2) is 6.29 Å². The van der Waals surface area contributed by atoms with E-state index in [9.17, 15) is 4.79 Å². The standard InChI is InChI=1S/C10H9N2O2/c1-14-10-5-8(6-11)4-9(10)7-12-2-3-13/h2-3,5,7H,4H2,1H3/q-1. The Bertz CT molecular complexity index is 372. The van der Waals surface area contributed by atoms with Gasteiger partial charge in [-0.15, -0.1) is 0 Å². The third-order valence-corrected chi connectivity index (χ3v) is 1.74. The fourth-order valence-corrected chi connectivity index (χ4v) is 1.13. The lowest BCUT2D eigenvalue weighted by molar-refractivity contribution is -0.102. The molecule has 0 N–H and O–H groups in total. The first-order chi connectivity index (χ1) is 6.81. The SMILES string of the molecule is COC1=CC(=C=[N-])CC1=CN=CC=O. The van der Waals surface area contributed by atoms with Crippen LogP contribution in [0.5, 0.6) is 0 Å². The van der Waals surface area contributed by atoms with Gasteiger partial charge in [-0.3, -0.25) is 15.7 Å². The van der Waals surface area contributed by atoms with E-state index in [0.29, 0.717) is 24.0 Å². The number of methoxy groups -OCH3 is 1. The smallest absolute Gasteiger partial charge is 0.161 e. The lowest BCUT2D eigenvalue weighted by Crippen LogP contribution is -1.85. The number of carbonyl (C=O) groups excluding carboxylic acids is 1. The third kappa shape index (κ3) is 2.28. The molecule has 0 aromatic rings. The highest BCUT2D eigenvalue weighted by Crippen LogP contribution is 2.27. The summed E-state index contributed by atoms with van der Waals surface area (Å²) in [6.07, 6.45) is 5.44. The van der Waals surface area contributed by atoms with Crippen LogP contribution in [-0.4, -0.2) is 25.5 Å². The molecule has 0 heterocycles. The molecule has 0 aromatic heterocycles. The molecule has 14 heavy (non-hydrogen) atoms. The van der Waals surface area contributed by atoms with Crippen molar-refractivity contribution in [3.8, 4) is 0 Å². The highest BCUT2D eigenvalue weighted by molar-refractivity contribution is 6.13. The summed E-state index contributed by atoms with van der Waals surface area (Å²) in [5.74, 6) is 2.68. The van der Waals surface area contributed by atoms with Gasteiger partial charge >= 0.3 is 0 Å². The van der Waals surface area contributed by atoms with E-state index < -0.39 is 0 Å². The highest BCUT2D eigenvalue weighted by Gasteiger charge is 2.14. The minimum Gasteiger partial charge on any atom is -0.763 e. The number of nitrogens with zero attached hydrogens (tertiary/aromatic N) is 2. The molecule has 0 aliphatic heterocycles. The maximum absolute atomic E-state index is 9.97. The molecule has 1 rings (SSSR count). The second-order valence-electron chi connectivity index (χ2n) is 2.62. The second-order valence-corrected chi connectivity index (χ2v) is 2.62. The Balaban J connectivity index is 2.88. The predicted octanol–water partition coefficient (Wildman–Crippen LogP) is 1.24. The average Bonchev–Trinajstić information content (AvgIpc) is 2.61. The molecule has 0 spiro atoms. The lowest BCUT2D eigenvalue weighted by atomic mass is 10.2. The van der Waals surface area contributed by atoms with Gasteiger partial charge in [-0.2, -0.15) is 0 Å². The van der Waals surface area contributed by atoms with Crippen LogP contribution in [0.4, 0.5) is 0 Å². The van der Waals surface area contributed by atoms with Crippen molar-refractivity contribution in [2.45, 2.75) is 6.42 Å². The molecule has 0 fully saturated rings. The van der Waals surface area contributed by atoms with Crippen molar-refractivity contribution in [1.82, 2.24) is 0 Å². The Morgan fingerprint density at radius 1 is 1.71 bits per heavy atom. The van der Waals surface area contributed by atoms with Gasteiger partial charge < -0.3 is 10.1 Å². The van der Waals surface area contributed by atoms with Crippen LogP contribution in [0.15, 0.2) is 34.2 Å². The van der Waals surface area contributed by atoms with Gasteiger partial charge in [0.2, 0.25) is 0 Å². The van der Waals surface area contributed by atoms with Crippen LogP contribution in [0.25, 0.3) is 5.41 Å². The molecule has 4 heteroatoms. The number of rotatable bonds is 3. The highest BCUT2D eigenvalue weighted by atomic mass is 16.5. The van der Waals surface area contributed by atoms with Crippen LogP contribution in [0.1, 0.15) is 6.42 Å². The van der Waals surface area contributed by atoms with Crippen molar-refractivity contribution in [3.05, 3.63) is 34.6 Å². The fraction of sp³-hybridized carbons (Fsp3) is 0.200. The van der Waals surface area contributed by atoms with E-state index in [1.807, 2.05) is 5.87 Å². The number of carbonyl (C=O) groups is 1. The molecular weight excluding hydrogens is 180 g/mol. The van der Waals surface area contributed by atoms with Gasteiger partial charge in [0.05, 0.1) is 13.3 Å². The molecule has 0 radical (unpaired) electrons. The summed E-state index contributed by atoms with van der Waals surface area (Å²) in [6, 6.07) is 0. The lowest BCUT2D eigenvalue weighted by Gasteiger charge is -2.00. The van der Waals surface area contributed by atoms with E-state index in [0.717, 1.165) is 11.8 Å². The topological polar surface area (TPSA) is 61.0 Å². The van der Waals surface area contributed by atoms with Crippen LogP contribution >= 0.6 is 0 Å². The summed E-state index contributed by atoms with van der Waals surface area (Å²) < 4.78 is 5.05. The Morgan fingerprint density at radius 2 is 2.50 bits per heavy atom. The van der Waals surface area contributed by atoms with Crippen molar-refractivity contribution in [2.75, 3.05) is 7.11 Å². The van der Waals surface area contributed by atoms with E-state index in [1.165, 1.54) is 13.3 Å². The Hall–Kier alpha value is -1.93. The summed E-state index contributed by atoms with van der Waals surface area (Å²) in [7, 11) is 1.53. The van der Waals surface area contributed by atoms with E-state index >= 15 is 0 Å². The minimum absolute atomic E-state index is 0.510. The van der Waals surface area contributed by atoms with E-state index in [2.05, 4.69) is 4.99 Å². The van der Waals surface area contributed by atoms with E-state index in [4.69, 9.17) is 10.1 Å². The molecule has 0 saturated carbocycles. The van der Waals surface area contributed by atoms with E-state index in [-0.39, 0.29) is 0 Å². The molecule has 0 atom stereocenters. The molecule has 1 aliphatic rings. The van der Waals surface area contributed by atoms with Crippen molar-refractivity contribution in [2.24, 2.45) is 4.99 Å². The first-order valence-electron chi connectivity index (χ1n) is 3.99. The number of allylic oxidation sites excluding steroid dienone is 3. The van der Waals surface area contributed by atoms with Crippen LogP contribution in [0.3, 0.4) is 0 Å². The van der Waals surface area contributed by atoms with Crippen molar-refractivity contribution in [3.63, 3.8) is 0 Å². The van der Waals surface area contributed by atoms with Gasteiger partial charge in [0.25, 0.3) is 0 Å². The Labute approximate surface area is 81.8 Å². The van der Waals surface area contributed by atoms with Gasteiger partial charge in [-0.05, 0) is 11.6 Å². The predicted molar refractivity (Wildman–Crippen MR) is 54.2 cm³/mol. The normalized spacial score (nSPS) is 18.5. The zero-order chi connectivity index (χ0) is 10.4. The van der Waals surface area contributed by atoms with Gasteiger partial charge in [-0.25, -0.2) is 0 Å². The van der Waals surface area contributed by atoms with Gasteiger partial charge in [0, 0.05) is 18.2 Å². The number of ether oxygens (including phenoxy) is 1. The largest absolute Gasteiger partial charge is 0.763 e. The maximum Gasteiger partial charge on any atom is 0.161 e. The molecule has 0 aromatic carbocycles. The van der Waals surface area contributed by atoms with Crippen molar-refractivity contribution >= 4 is 18.4 Å². The maximum atomic E-state index is 9.97. The zero-order valence-corrected chi connectivity index (χ0v) is 7.73. The van der Waals surface area contributed by atoms with Crippen LogP contribution in [0.2, 0.25) is 0 Å². The molecule has 1 aliphatic carbocycles. The summed E-state index contributed by atoms with van der Waals surface area (Å²) >= 11 is 0. The summed E-state index contributed by atoms with van der Waals surface area (Å²) in [5, 5.41) is 8.66. The second kappa shape index (κ2) is 4.94. The zero-order valence-electron chi connectivity index (χ0n) is 7.73. The Kier molecular flexibility index (Phi) is 3.58. The number of aldehydes is 1. The first-order valence-corrected chi connectivity index (χ1v) is 3.99. The molecule has 0 saturated heterocycles. The van der Waals surface area contributed by atoms with Gasteiger partial charge in [0.1, 0.15) is 5.76 Å². The number of hydrogen-bond acceptors (Lipinski definition) is 3. The quantitative estimate of drug-likeness (QED) is 0.495. The van der Waals surface area contributed by atoms with Crippen molar-refractivity contribution in [1.29, 1.82) is 0 Å². The monoisotopic (exact) mass is 189 g/mol.